The monoisotopic (exact) mass is 228 g/mol. The van der Waals surface area contributed by atoms with E-state index in [1.54, 1.807) is 0 Å². The van der Waals surface area contributed by atoms with Crippen LogP contribution in [-0.2, 0) is 4.74 Å². The fraction of sp³-hybridized carbons (Fsp3) is 0.917. The fourth-order valence-electron chi connectivity index (χ4n) is 1.54. The molecule has 94 valence electrons. The lowest BCUT2D eigenvalue weighted by atomic mass is 10.0. The van der Waals surface area contributed by atoms with Gasteiger partial charge >= 0.3 is 6.09 Å². The van der Waals surface area contributed by atoms with Gasteiger partial charge in [0.1, 0.15) is 5.60 Å². The number of rotatable bonds is 4. The molecule has 3 N–H and O–H groups in total. The number of carbonyl (C=O) groups is 1. The lowest BCUT2D eigenvalue weighted by molar-refractivity contribution is 0.0500. The standard InChI is InChI=1S/C12H24N2O2/c1-8(10(13)7-9-5-6-9)14-11(15)16-12(2,3)4/h8-10H,5-7,13H2,1-4H3,(H,14,15)/t8-,10?/m0/s1. The molecule has 4 heteroatoms. The molecule has 0 bridgehead atoms. The Morgan fingerprint density at radius 1 is 1.50 bits per heavy atom. The molecule has 1 fully saturated rings. The first-order valence-electron chi connectivity index (χ1n) is 6.03. The molecule has 1 aliphatic carbocycles. The predicted octanol–water partition coefficient (Wildman–Crippen LogP) is 2.03. The van der Waals surface area contributed by atoms with Crippen molar-refractivity contribution < 1.29 is 9.53 Å². The summed E-state index contributed by atoms with van der Waals surface area (Å²) < 4.78 is 5.17. The Labute approximate surface area is 97.9 Å². The van der Waals surface area contributed by atoms with E-state index < -0.39 is 5.60 Å². The number of nitrogens with one attached hydrogen (secondary N) is 1. The summed E-state index contributed by atoms with van der Waals surface area (Å²) in [5, 5.41) is 2.78. The zero-order valence-corrected chi connectivity index (χ0v) is 10.7. The van der Waals surface area contributed by atoms with Crippen LogP contribution in [0.3, 0.4) is 0 Å². The minimum atomic E-state index is -0.454. The van der Waals surface area contributed by atoms with Gasteiger partial charge in [-0.3, -0.25) is 0 Å². The summed E-state index contributed by atoms with van der Waals surface area (Å²) in [5.41, 5.74) is 5.55. The topological polar surface area (TPSA) is 64.3 Å². The smallest absolute Gasteiger partial charge is 0.407 e. The Balaban J connectivity index is 2.26. The molecule has 0 aromatic rings. The molecule has 0 aromatic heterocycles. The third-order valence-corrected chi connectivity index (χ3v) is 2.69. The van der Waals surface area contributed by atoms with E-state index in [2.05, 4.69) is 5.32 Å². The Morgan fingerprint density at radius 3 is 2.50 bits per heavy atom. The molecule has 0 saturated heterocycles. The largest absolute Gasteiger partial charge is 0.444 e. The summed E-state index contributed by atoms with van der Waals surface area (Å²) in [6.07, 6.45) is 3.18. The molecule has 1 saturated carbocycles. The van der Waals surface area contributed by atoms with Gasteiger partial charge in [-0.05, 0) is 40.0 Å². The molecule has 4 nitrogen and oxygen atoms in total. The second-order valence-electron chi connectivity index (χ2n) is 5.78. The molecule has 0 heterocycles. The van der Waals surface area contributed by atoms with Gasteiger partial charge in [0, 0.05) is 12.1 Å². The average Bonchev–Trinajstić information content (AvgIpc) is 2.83. The molecule has 1 amide bonds. The van der Waals surface area contributed by atoms with Gasteiger partial charge < -0.3 is 15.8 Å². The summed E-state index contributed by atoms with van der Waals surface area (Å²) >= 11 is 0. The summed E-state index contributed by atoms with van der Waals surface area (Å²) in [6, 6.07) is -0.00420. The zero-order chi connectivity index (χ0) is 12.3. The number of amides is 1. The predicted molar refractivity (Wildman–Crippen MR) is 64.1 cm³/mol. The summed E-state index contributed by atoms with van der Waals surface area (Å²) in [4.78, 5) is 11.5. The van der Waals surface area contributed by atoms with Crippen molar-refractivity contribution in [3.8, 4) is 0 Å². The van der Waals surface area contributed by atoms with Gasteiger partial charge in [0.2, 0.25) is 0 Å². The van der Waals surface area contributed by atoms with Crippen LogP contribution in [0.4, 0.5) is 4.79 Å². The number of hydrogen-bond acceptors (Lipinski definition) is 3. The molecular formula is C12H24N2O2. The molecule has 0 aromatic carbocycles. The number of ether oxygens (including phenoxy) is 1. The third-order valence-electron chi connectivity index (χ3n) is 2.69. The quantitative estimate of drug-likeness (QED) is 0.773. The number of carbonyl (C=O) groups excluding carboxylic acids is 1. The molecular weight excluding hydrogens is 204 g/mol. The first kappa shape index (κ1) is 13.3. The highest BCUT2D eigenvalue weighted by atomic mass is 16.6. The minimum absolute atomic E-state index is 0.0278. The Kier molecular flexibility index (Phi) is 4.19. The maximum atomic E-state index is 11.5. The van der Waals surface area contributed by atoms with Crippen LogP contribution >= 0.6 is 0 Å². The Bertz CT molecular complexity index is 244. The maximum absolute atomic E-state index is 11.5. The van der Waals surface area contributed by atoms with Crippen LogP contribution in [0.1, 0.15) is 47.0 Å². The zero-order valence-electron chi connectivity index (χ0n) is 10.7. The van der Waals surface area contributed by atoms with Crippen molar-refractivity contribution >= 4 is 6.09 Å². The highest BCUT2D eigenvalue weighted by Crippen LogP contribution is 2.33. The van der Waals surface area contributed by atoms with Gasteiger partial charge in [-0.25, -0.2) is 4.79 Å². The molecule has 1 aliphatic rings. The number of alkyl carbamates (subject to hydrolysis) is 1. The second kappa shape index (κ2) is 5.04. The van der Waals surface area contributed by atoms with Gasteiger partial charge in [0.05, 0.1) is 0 Å². The van der Waals surface area contributed by atoms with Gasteiger partial charge in [0.15, 0.2) is 0 Å². The van der Waals surface area contributed by atoms with Gasteiger partial charge in [-0.1, -0.05) is 12.8 Å². The molecule has 1 unspecified atom stereocenters. The van der Waals surface area contributed by atoms with E-state index in [0.29, 0.717) is 0 Å². The Morgan fingerprint density at radius 2 is 2.06 bits per heavy atom. The van der Waals surface area contributed by atoms with E-state index >= 15 is 0 Å². The lowest BCUT2D eigenvalue weighted by Gasteiger charge is -2.24. The van der Waals surface area contributed by atoms with Crippen molar-refractivity contribution in [1.29, 1.82) is 0 Å². The van der Waals surface area contributed by atoms with Gasteiger partial charge in [-0.2, -0.15) is 0 Å². The molecule has 16 heavy (non-hydrogen) atoms. The minimum Gasteiger partial charge on any atom is -0.444 e. The second-order valence-corrected chi connectivity index (χ2v) is 5.78. The van der Waals surface area contributed by atoms with Crippen LogP contribution in [0.2, 0.25) is 0 Å². The first-order chi connectivity index (χ1) is 7.28. The SMILES string of the molecule is C[C@H](NC(=O)OC(C)(C)C)C(N)CC1CC1. The molecule has 2 atom stereocenters. The molecule has 1 rings (SSSR count). The van der Waals surface area contributed by atoms with Crippen molar-refractivity contribution in [2.45, 2.75) is 64.6 Å². The molecule has 0 spiro atoms. The van der Waals surface area contributed by atoms with Crippen molar-refractivity contribution in [2.75, 3.05) is 0 Å². The number of nitrogens with two attached hydrogens (primary N) is 1. The summed E-state index contributed by atoms with van der Waals surface area (Å²) in [5.74, 6) is 0.776. The van der Waals surface area contributed by atoms with E-state index in [1.807, 2.05) is 27.7 Å². The molecule has 0 aliphatic heterocycles. The normalized spacial score (nSPS) is 20.1. The highest BCUT2D eigenvalue weighted by Gasteiger charge is 2.27. The van der Waals surface area contributed by atoms with Crippen LogP contribution in [0.15, 0.2) is 0 Å². The van der Waals surface area contributed by atoms with E-state index in [0.717, 1.165) is 12.3 Å². The van der Waals surface area contributed by atoms with E-state index in [1.165, 1.54) is 12.8 Å². The van der Waals surface area contributed by atoms with Gasteiger partial charge in [0.25, 0.3) is 0 Å². The van der Waals surface area contributed by atoms with Crippen molar-refractivity contribution in [2.24, 2.45) is 11.7 Å². The third kappa shape index (κ3) is 5.35. The van der Waals surface area contributed by atoms with Crippen molar-refractivity contribution in [3.63, 3.8) is 0 Å². The van der Waals surface area contributed by atoms with Crippen LogP contribution in [0.5, 0.6) is 0 Å². The van der Waals surface area contributed by atoms with E-state index in [9.17, 15) is 4.79 Å². The van der Waals surface area contributed by atoms with Crippen LogP contribution in [0.25, 0.3) is 0 Å². The lowest BCUT2D eigenvalue weighted by Crippen LogP contribution is -2.47. The highest BCUT2D eigenvalue weighted by molar-refractivity contribution is 5.68. The fourth-order valence-corrected chi connectivity index (χ4v) is 1.54. The maximum Gasteiger partial charge on any atom is 0.407 e. The van der Waals surface area contributed by atoms with Crippen molar-refractivity contribution in [1.82, 2.24) is 5.32 Å². The Hall–Kier alpha value is -0.770. The number of hydrogen-bond donors (Lipinski definition) is 2. The van der Waals surface area contributed by atoms with E-state index in [4.69, 9.17) is 10.5 Å². The summed E-state index contributed by atoms with van der Waals surface area (Å²) in [6.45, 7) is 7.47. The van der Waals surface area contributed by atoms with Crippen LogP contribution in [-0.4, -0.2) is 23.8 Å². The molecule has 0 radical (unpaired) electrons. The van der Waals surface area contributed by atoms with Crippen LogP contribution in [0, 0.1) is 5.92 Å². The van der Waals surface area contributed by atoms with Crippen molar-refractivity contribution in [3.05, 3.63) is 0 Å². The first-order valence-corrected chi connectivity index (χ1v) is 6.03. The summed E-state index contributed by atoms with van der Waals surface area (Å²) in [7, 11) is 0. The average molecular weight is 228 g/mol. The van der Waals surface area contributed by atoms with Gasteiger partial charge in [-0.15, -0.1) is 0 Å². The van der Waals surface area contributed by atoms with E-state index in [-0.39, 0.29) is 18.2 Å². The van der Waals surface area contributed by atoms with Crippen LogP contribution < -0.4 is 11.1 Å².